The van der Waals surface area contributed by atoms with Gasteiger partial charge in [-0.25, -0.2) is 9.18 Å². The number of amides is 1. The van der Waals surface area contributed by atoms with Gasteiger partial charge in [-0.1, -0.05) is 24.3 Å². The van der Waals surface area contributed by atoms with E-state index in [9.17, 15) is 14.0 Å². The lowest BCUT2D eigenvalue weighted by Gasteiger charge is -2.17. The van der Waals surface area contributed by atoms with Crippen LogP contribution in [0, 0.1) is 17.1 Å². The molecule has 25 heavy (non-hydrogen) atoms. The van der Waals surface area contributed by atoms with Gasteiger partial charge in [0.25, 0.3) is 0 Å². The number of nitriles is 1. The van der Waals surface area contributed by atoms with Crippen LogP contribution in [-0.2, 0) is 27.2 Å². The van der Waals surface area contributed by atoms with Gasteiger partial charge in [0, 0.05) is 6.42 Å². The summed E-state index contributed by atoms with van der Waals surface area (Å²) in [6.07, 6.45) is 0.139. The van der Waals surface area contributed by atoms with Crippen molar-refractivity contribution in [3.05, 3.63) is 71.0 Å². The standard InChI is InChI=1S/C19H17FN2O3/c1-25-19(24)17(10-13-4-2-6-15(8-13)12-21)22-18(23)11-14-5-3-7-16(20)9-14/h2-9,17H,10-11H2,1H3,(H,22,23)/t17-/m0/s1. The molecule has 0 heterocycles. The van der Waals surface area contributed by atoms with E-state index in [1.165, 1.54) is 25.3 Å². The van der Waals surface area contributed by atoms with Crippen LogP contribution in [0.25, 0.3) is 0 Å². The molecule has 0 saturated heterocycles. The minimum atomic E-state index is -0.889. The molecule has 0 bridgehead atoms. The summed E-state index contributed by atoms with van der Waals surface area (Å²) < 4.78 is 17.9. The monoisotopic (exact) mass is 340 g/mol. The minimum absolute atomic E-state index is 0.0521. The summed E-state index contributed by atoms with van der Waals surface area (Å²) in [6.45, 7) is 0. The average Bonchev–Trinajstić information content (AvgIpc) is 2.60. The fourth-order valence-corrected chi connectivity index (χ4v) is 2.42. The number of methoxy groups -OCH3 is 1. The fourth-order valence-electron chi connectivity index (χ4n) is 2.42. The highest BCUT2D eigenvalue weighted by atomic mass is 19.1. The summed E-state index contributed by atoms with van der Waals surface area (Å²) in [7, 11) is 1.24. The van der Waals surface area contributed by atoms with Crippen LogP contribution in [0.2, 0.25) is 0 Å². The molecule has 2 aromatic rings. The highest BCUT2D eigenvalue weighted by Crippen LogP contribution is 2.09. The second-order valence-electron chi connectivity index (χ2n) is 5.47. The number of halogens is 1. The SMILES string of the molecule is COC(=O)[C@H](Cc1cccc(C#N)c1)NC(=O)Cc1cccc(F)c1. The van der Waals surface area contributed by atoms with Crippen LogP contribution in [0.1, 0.15) is 16.7 Å². The van der Waals surface area contributed by atoms with Gasteiger partial charge in [-0.2, -0.15) is 5.26 Å². The number of nitrogens with one attached hydrogen (secondary N) is 1. The highest BCUT2D eigenvalue weighted by molar-refractivity contribution is 5.85. The number of hydrogen-bond donors (Lipinski definition) is 1. The minimum Gasteiger partial charge on any atom is -0.467 e. The van der Waals surface area contributed by atoms with Crippen molar-refractivity contribution >= 4 is 11.9 Å². The first-order valence-corrected chi connectivity index (χ1v) is 7.62. The number of rotatable bonds is 6. The molecule has 6 heteroatoms. The molecule has 0 spiro atoms. The van der Waals surface area contributed by atoms with Crippen molar-refractivity contribution in [3.8, 4) is 6.07 Å². The van der Waals surface area contributed by atoms with Crippen LogP contribution in [0.15, 0.2) is 48.5 Å². The molecular formula is C19H17FN2O3. The quantitative estimate of drug-likeness (QED) is 0.817. The van der Waals surface area contributed by atoms with E-state index in [0.29, 0.717) is 11.1 Å². The van der Waals surface area contributed by atoms with E-state index in [1.54, 1.807) is 30.3 Å². The van der Waals surface area contributed by atoms with E-state index in [1.807, 2.05) is 6.07 Å². The Labute approximate surface area is 145 Å². The Morgan fingerprint density at radius 3 is 2.60 bits per heavy atom. The van der Waals surface area contributed by atoms with E-state index in [2.05, 4.69) is 5.32 Å². The number of nitrogens with zero attached hydrogens (tertiary/aromatic N) is 1. The van der Waals surface area contributed by atoms with Crippen LogP contribution in [0.3, 0.4) is 0 Å². The first kappa shape index (κ1) is 18.1. The Morgan fingerprint density at radius 2 is 1.92 bits per heavy atom. The molecule has 0 aliphatic heterocycles. The number of carbonyl (C=O) groups excluding carboxylic acids is 2. The van der Waals surface area contributed by atoms with Gasteiger partial charge in [-0.3, -0.25) is 4.79 Å². The number of esters is 1. The second kappa shape index (κ2) is 8.60. The third-order valence-electron chi connectivity index (χ3n) is 3.57. The van der Waals surface area contributed by atoms with Crippen LogP contribution in [0.5, 0.6) is 0 Å². The van der Waals surface area contributed by atoms with Crippen molar-refractivity contribution < 1.29 is 18.7 Å². The maximum atomic E-state index is 13.2. The van der Waals surface area contributed by atoms with Gasteiger partial charge in [-0.15, -0.1) is 0 Å². The van der Waals surface area contributed by atoms with Crippen molar-refractivity contribution in [2.24, 2.45) is 0 Å². The third-order valence-corrected chi connectivity index (χ3v) is 3.57. The third kappa shape index (κ3) is 5.43. The van der Waals surface area contributed by atoms with Gasteiger partial charge >= 0.3 is 5.97 Å². The summed E-state index contributed by atoms with van der Waals surface area (Å²) in [4.78, 5) is 24.1. The molecule has 2 rings (SSSR count). The Balaban J connectivity index is 2.08. The van der Waals surface area contributed by atoms with Crippen LogP contribution < -0.4 is 5.32 Å². The van der Waals surface area contributed by atoms with Gasteiger partial charge in [0.1, 0.15) is 11.9 Å². The fraction of sp³-hybridized carbons (Fsp3) is 0.211. The smallest absolute Gasteiger partial charge is 0.328 e. The van der Waals surface area contributed by atoms with Crippen molar-refractivity contribution in [2.45, 2.75) is 18.9 Å². The Hall–Kier alpha value is -3.20. The zero-order chi connectivity index (χ0) is 18.2. The summed E-state index contributed by atoms with van der Waals surface area (Å²) in [6, 6.07) is 13.6. The molecule has 0 saturated carbocycles. The number of carbonyl (C=O) groups is 2. The van der Waals surface area contributed by atoms with Crippen molar-refractivity contribution in [3.63, 3.8) is 0 Å². The van der Waals surface area contributed by atoms with Crippen molar-refractivity contribution in [1.29, 1.82) is 5.26 Å². The molecule has 0 radical (unpaired) electrons. The Bertz CT molecular complexity index is 814. The van der Waals surface area contributed by atoms with E-state index in [0.717, 1.165) is 5.56 Å². The van der Waals surface area contributed by atoms with Gasteiger partial charge < -0.3 is 10.1 Å². The molecule has 0 aromatic heterocycles. The average molecular weight is 340 g/mol. The largest absolute Gasteiger partial charge is 0.467 e. The van der Waals surface area contributed by atoms with E-state index in [-0.39, 0.29) is 12.8 Å². The van der Waals surface area contributed by atoms with Gasteiger partial charge in [0.05, 0.1) is 25.2 Å². The van der Waals surface area contributed by atoms with Crippen molar-refractivity contribution in [1.82, 2.24) is 5.32 Å². The first-order chi connectivity index (χ1) is 12.0. The molecule has 0 unspecified atom stereocenters. The van der Waals surface area contributed by atoms with Crippen LogP contribution in [-0.4, -0.2) is 25.0 Å². The summed E-state index contributed by atoms with van der Waals surface area (Å²) >= 11 is 0. The zero-order valence-electron chi connectivity index (χ0n) is 13.7. The summed E-state index contributed by atoms with van der Waals surface area (Å²) in [5, 5.41) is 11.5. The molecule has 1 N–H and O–H groups in total. The predicted molar refractivity (Wildman–Crippen MR) is 88.9 cm³/mol. The predicted octanol–water partition coefficient (Wildman–Crippen LogP) is 2.14. The number of hydrogen-bond acceptors (Lipinski definition) is 4. The van der Waals surface area contributed by atoms with Gasteiger partial charge in [0.15, 0.2) is 0 Å². The lowest BCUT2D eigenvalue weighted by molar-refractivity contribution is -0.145. The molecule has 0 fully saturated rings. The van der Waals surface area contributed by atoms with E-state index >= 15 is 0 Å². The topological polar surface area (TPSA) is 79.2 Å². The molecule has 128 valence electrons. The molecule has 0 aliphatic carbocycles. The molecule has 2 aromatic carbocycles. The van der Waals surface area contributed by atoms with Crippen LogP contribution >= 0.6 is 0 Å². The van der Waals surface area contributed by atoms with Gasteiger partial charge in [0.2, 0.25) is 5.91 Å². The maximum absolute atomic E-state index is 13.2. The van der Waals surface area contributed by atoms with Crippen LogP contribution in [0.4, 0.5) is 4.39 Å². The summed E-state index contributed by atoms with van der Waals surface area (Å²) in [5.41, 5.74) is 1.69. The Morgan fingerprint density at radius 1 is 1.20 bits per heavy atom. The molecule has 1 amide bonds. The summed E-state index contributed by atoms with van der Waals surface area (Å²) in [5.74, 6) is -1.43. The molecule has 0 aliphatic rings. The lowest BCUT2D eigenvalue weighted by atomic mass is 10.0. The normalized spacial score (nSPS) is 11.2. The number of ether oxygens (including phenoxy) is 1. The van der Waals surface area contributed by atoms with Crippen molar-refractivity contribution in [2.75, 3.05) is 7.11 Å². The lowest BCUT2D eigenvalue weighted by Crippen LogP contribution is -2.43. The highest BCUT2D eigenvalue weighted by Gasteiger charge is 2.22. The number of benzene rings is 2. The van der Waals surface area contributed by atoms with Gasteiger partial charge in [-0.05, 0) is 35.4 Å². The van der Waals surface area contributed by atoms with E-state index in [4.69, 9.17) is 10.00 Å². The molecular weight excluding hydrogens is 323 g/mol. The Kier molecular flexibility index (Phi) is 6.24. The van der Waals surface area contributed by atoms with E-state index < -0.39 is 23.7 Å². The first-order valence-electron chi connectivity index (χ1n) is 7.62. The molecule has 1 atom stereocenters. The maximum Gasteiger partial charge on any atom is 0.328 e. The zero-order valence-corrected chi connectivity index (χ0v) is 13.7. The molecule has 5 nitrogen and oxygen atoms in total. The second-order valence-corrected chi connectivity index (χ2v) is 5.47.